The summed E-state index contributed by atoms with van der Waals surface area (Å²) in [6.07, 6.45) is 4.35. The number of alkyl halides is 1. The van der Waals surface area contributed by atoms with Gasteiger partial charge in [-0.3, -0.25) is 14.6 Å². The van der Waals surface area contributed by atoms with E-state index < -0.39 is 4.87 Å². The average molecular weight is 224 g/mol. The second-order valence-corrected chi connectivity index (χ2v) is 4.45. The summed E-state index contributed by atoms with van der Waals surface area (Å²) >= 11 is 5.91. The topological polar surface area (TPSA) is 47.0 Å². The zero-order valence-corrected chi connectivity index (χ0v) is 8.83. The summed E-state index contributed by atoms with van der Waals surface area (Å²) in [5.74, 6) is -0.347. The highest BCUT2D eigenvalue weighted by Crippen LogP contribution is 2.44. The number of pyridine rings is 1. The molecule has 78 valence electrons. The first-order valence-corrected chi connectivity index (χ1v) is 5.15. The van der Waals surface area contributed by atoms with Crippen LogP contribution in [0.3, 0.4) is 0 Å². The first kappa shape index (κ1) is 10.3. The molecule has 0 saturated heterocycles. The minimum Gasteiger partial charge on any atom is -0.297 e. The first-order chi connectivity index (χ1) is 7.12. The van der Waals surface area contributed by atoms with Crippen molar-refractivity contribution in [1.29, 1.82) is 0 Å². The molecule has 1 heterocycles. The molecule has 15 heavy (non-hydrogen) atoms. The van der Waals surface area contributed by atoms with Crippen molar-refractivity contribution in [1.82, 2.24) is 4.98 Å². The van der Waals surface area contributed by atoms with Crippen LogP contribution < -0.4 is 0 Å². The van der Waals surface area contributed by atoms with Gasteiger partial charge in [0.05, 0.1) is 6.42 Å². The fraction of sp³-hybridized carbons (Fsp3) is 0.364. The summed E-state index contributed by atoms with van der Waals surface area (Å²) < 4.78 is 0. The van der Waals surface area contributed by atoms with E-state index in [4.69, 9.17) is 11.6 Å². The van der Waals surface area contributed by atoms with Crippen LogP contribution in [-0.4, -0.2) is 21.4 Å². The van der Waals surface area contributed by atoms with E-state index in [2.05, 4.69) is 4.98 Å². The second-order valence-electron chi connectivity index (χ2n) is 3.72. The van der Waals surface area contributed by atoms with Gasteiger partial charge in [-0.2, -0.15) is 0 Å². The summed E-state index contributed by atoms with van der Waals surface area (Å²) in [6, 6.07) is 3.20. The minimum atomic E-state index is -0.733. The number of hydrogen-bond donors (Lipinski definition) is 0. The number of halogens is 1. The molecule has 3 nitrogen and oxygen atoms in total. The van der Waals surface area contributed by atoms with Crippen LogP contribution >= 0.6 is 11.6 Å². The van der Waals surface area contributed by atoms with Crippen molar-refractivity contribution in [2.24, 2.45) is 0 Å². The quantitative estimate of drug-likeness (QED) is 0.446. The van der Waals surface area contributed by atoms with Crippen LogP contribution in [-0.2, 0) is 4.79 Å². The Balaban J connectivity index is 2.02. The van der Waals surface area contributed by atoms with Gasteiger partial charge in [0.25, 0.3) is 0 Å². The summed E-state index contributed by atoms with van der Waals surface area (Å²) in [6.45, 7) is 0. The monoisotopic (exact) mass is 223 g/mol. The highest BCUT2D eigenvalue weighted by molar-refractivity contribution is 6.39. The van der Waals surface area contributed by atoms with Crippen molar-refractivity contribution in [2.45, 2.75) is 24.1 Å². The number of carbonyl (C=O) groups is 2. The number of hydrogen-bond acceptors (Lipinski definition) is 3. The third-order valence-corrected chi connectivity index (χ3v) is 3.10. The lowest BCUT2D eigenvalue weighted by atomic mass is 10.1. The lowest BCUT2D eigenvalue weighted by Crippen LogP contribution is -2.19. The van der Waals surface area contributed by atoms with Gasteiger partial charge in [-0.05, 0) is 25.0 Å². The first-order valence-electron chi connectivity index (χ1n) is 4.77. The van der Waals surface area contributed by atoms with Crippen molar-refractivity contribution < 1.29 is 9.59 Å². The SMILES string of the molecule is O=C(CC(=O)C1(Cl)CC1)c1ccncc1. The van der Waals surface area contributed by atoms with Gasteiger partial charge in [-0.1, -0.05) is 0 Å². The second kappa shape index (κ2) is 3.74. The lowest BCUT2D eigenvalue weighted by Gasteiger charge is -2.03. The maximum absolute atomic E-state index is 11.6. The van der Waals surface area contributed by atoms with E-state index in [1.807, 2.05) is 0 Å². The number of ketones is 2. The van der Waals surface area contributed by atoms with E-state index in [0.29, 0.717) is 18.4 Å². The lowest BCUT2D eigenvalue weighted by molar-refractivity contribution is -0.118. The van der Waals surface area contributed by atoms with Crippen LogP contribution in [0, 0.1) is 0 Å². The highest BCUT2D eigenvalue weighted by atomic mass is 35.5. The van der Waals surface area contributed by atoms with E-state index in [-0.39, 0.29) is 18.0 Å². The third kappa shape index (κ3) is 2.23. The van der Waals surface area contributed by atoms with E-state index in [0.717, 1.165) is 0 Å². The molecule has 0 atom stereocenters. The van der Waals surface area contributed by atoms with Crippen LogP contribution in [0.5, 0.6) is 0 Å². The third-order valence-electron chi connectivity index (χ3n) is 2.51. The normalized spacial score (nSPS) is 17.1. The van der Waals surface area contributed by atoms with Crippen molar-refractivity contribution >= 4 is 23.2 Å². The van der Waals surface area contributed by atoms with Gasteiger partial charge >= 0.3 is 0 Å². The molecular weight excluding hydrogens is 214 g/mol. The summed E-state index contributed by atoms with van der Waals surface area (Å²) in [5, 5.41) is 0. The Morgan fingerprint density at radius 2 is 1.93 bits per heavy atom. The molecule has 0 unspecified atom stereocenters. The minimum absolute atomic E-state index is 0.104. The number of aromatic nitrogens is 1. The van der Waals surface area contributed by atoms with Gasteiger partial charge in [-0.25, -0.2) is 0 Å². The van der Waals surface area contributed by atoms with Gasteiger partial charge in [-0.15, -0.1) is 11.6 Å². The van der Waals surface area contributed by atoms with Crippen molar-refractivity contribution in [3.63, 3.8) is 0 Å². The van der Waals surface area contributed by atoms with Crippen LogP contribution in [0.1, 0.15) is 29.6 Å². The number of nitrogens with zero attached hydrogens (tertiary/aromatic N) is 1. The Bertz CT molecular complexity index is 398. The zero-order valence-electron chi connectivity index (χ0n) is 8.07. The number of carbonyl (C=O) groups excluding carboxylic acids is 2. The molecule has 0 bridgehead atoms. The van der Waals surface area contributed by atoms with E-state index >= 15 is 0 Å². The summed E-state index contributed by atoms with van der Waals surface area (Å²) in [5.41, 5.74) is 0.513. The molecule has 1 aliphatic carbocycles. The van der Waals surface area contributed by atoms with Gasteiger partial charge in [0.2, 0.25) is 0 Å². The van der Waals surface area contributed by atoms with Gasteiger partial charge in [0.1, 0.15) is 4.87 Å². The number of Topliss-reactive ketones (excluding diaryl/α,β-unsaturated/α-hetero) is 2. The highest BCUT2D eigenvalue weighted by Gasteiger charge is 2.47. The molecule has 0 radical (unpaired) electrons. The summed E-state index contributed by atoms with van der Waals surface area (Å²) in [7, 11) is 0. The van der Waals surface area contributed by atoms with Crippen molar-refractivity contribution in [3.05, 3.63) is 30.1 Å². The molecule has 4 heteroatoms. The molecular formula is C11H10ClNO2. The predicted molar refractivity (Wildman–Crippen MR) is 56.0 cm³/mol. The maximum Gasteiger partial charge on any atom is 0.170 e. The Hall–Kier alpha value is -1.22. The fourth-order valence-corrected chi connectivity index (χ4v) is 1.49. The van der Waals surface area contributed by atoms with Crippen molar-refractivity contribution in [3.8, 4) is 0 Å². The largest absolute Gasteiger partial charge is 0.297 e. The van der Waals surface area contributed by atoms with Crippen LogP contribution in [0.2, 0.25) is 0 Å². The smallest absolute Gasteiger partial charge is 0.170 e. The molecule has 1 saturated carbocycles. The van der Waals surface area contributed by atoms with Gasteiger partial charge < -0.3 is 0 Å². The standard InChI is InChI=1S/C11H10ClNO2/c12-11(3-4-11)10(15)7-9(14)8-1-5-13-6-2-8/h1-2,5-6H,3-4,7H2. The Kier molecular flexibility index (Phi) is 2.57. The van der Waals surface area contributed by atoms with Crippen LogP contribution in [0.4, 0.5) is 0 Å². The Morgan fingerprint density at radius 3 is 2.47 bits per heavy atom. The predicted octanol–water partition coefficient (Wildman–Crippen LogP) is 1.99. The van der Waals surface area contributed by atoms with E-state index in [1.54, 1.807) is 12.1 Å². The average Bonchev–Trinajstić information content (AvgIpc) is 2.99. The Morgan fingerprint density at radius 1 is 1.33 bits per heavy atom. The Labute approximate surface area is 92.5 Å². The molecule has 1 aromatic heterocycles. The molecule has 0 spiro atoms. The molecule has 1 fully saturated rings. The molecule has 0 N–H and O–H groups in total. The van der Waals surface area contributed by atoms with Gasteiger partial charge in [0.15, 0.2) is 11.6 Å². The summed E-state index contributed by atoms with van der Waals surface area (Å²) in [4.78, 5) is 26.2. The van der Waals surface area contributed by atoms with Crippen LogP contribution in [0.15, 0.2) is 24.5 Å². The number of rotatable bonds is 4. The fourth-order valence-electron chi connectivity index (χ4n) is 1.33. The molecule has 2 rings (SSSR count). The molecule has 0 amide bonds. The molecule has 1 aromatic rings. The van der Waals surface area contributed by atoms with Crippen molar-refractivity contribution in [2.75, 3.05) is 0 Å². The molecule has 1 aliphatic rings. The molecule has 0 aliphatic heterocycles. The van der Waals surface area contributed by atoms with Crippen LogP contribution in [0.25, 0.3) is 0 Å². The van der Waals surface area contributed by atoms with E-state index in [9.17, 15) is 9.59 Å². The van der Waals surface area contributed by atoms with Gasteiger partial charge in [0, 0.05) is 18.0 Å². The maximum atomic E-state index is 11.6. The van der Waals surface area contributed by atoms with E-state index in [1.165, 1.54) is 12.4 Å². The zero-order chi connectivity index (χ0) is 10.9. The molecule has 0 aromatic carbocycles.